The predicted molar refractivity (Wildman–Crippen MR) is 98.2 cm³/mol. The summed E-state index contributed by atoms with van der Waals surface area (Å²) in [5, 5.41) is 15.9. The first kappa shape index (κ1) is 19.0. The largest absolute Gasteiger partial charge is 0.504 e. The van der Waals surface area contributed by atoms with Crippen LogP contribution in [0.15, 0.2) is 53.6 Å². The van der Waals surface area contributed by atoms with Crippen molar-refractivity contribution in [1.82, 2.24) is 10.7 Å². The Morgan fingerprint density at radius 2 is 1.92 bits per heavy atom. The van der Waals surface area contributed by atoms with Crippen LogP contribution in [-0.2, 0) is 16.0 Å². The van der Waals surface area contributed by atoms with Gasteiger partial charge in [0.25, 0.3) is 0 Å². The molecule has 0 radical (unpaired) electrons. The molecule has 2 aromatic carbocycles. The fourth-order valence-electron chi connectivity index (χ4n) is 2.14. The van der Waals surface area contributed by atoms with Crippen molar-refractivity contribution in [2.24, 2.45) is 5.10 Å². The van der Waals surface area contributed by atoms with E-state index in [0.717, 1.165) is 5.56 Å². The van der Waals surface area contributed by atoms with E-state index in [9.17, 15) is 14.7 Å². The minimum atomic E-state index is -0.849. The summed E-state index contributed by atoms with van der Waals surface area (Å²) in [6.07, 6.45) is 1.99. The van der Waals surface area contributed by atoms with Gasteiger partial charge in [0.1, 0.15) is 0 Å². The van der Waals surface area contributed by atoms with Crippen LogP contribution < -0.4 is 15.5 Å². The van der Waals surface area contributed by atoms with Crippen LogP contribution in [0, 0.1) is 0 Å². The van der Waals surface area contributed by atoms with Gasteiger partial charge in [0.2, 0.25) is 0 Å². The lowest BCUT2D eigenvalue weighted by atomic mass is 10.1. The van der Waals surface area contributed by atoms with E-state index in [-0.39, 0.29) is 5.75 Å². The monoisotopic (exact) mass is 355 g/mol. The third-order valence-corrected chi connectivity index (χ3v) is 3.41. The summed E-state index contributed by atoms with van der Waals surface area (Å²) in [4.78, 5) is 23.4. The lowest BCUT2D eigenvalue weighted by molar-refractivity contribution is -0.139. The van der Waals surface area contributed by atoms with Crippen LogP contribution in [0.4, 0.5) is 0 Å². The highest BCUT2D eigenvalue weighted by Crippen LogP contribution is 2.26. The fraction of sp³-hybridized carbons (Fsp3) is 0.211. The first-order valence-corrected chi connectivity index (χ1v) is 8.21. The van der Waals surface area contributed by atoms with Crippen LogP contribution >= 0.6 is 0 Å². The molecule has 0 spiro atoms. The molecule has 2 amide bonds. The third kappa shape index (κ3) is 5.94. The number of carbonyl (C=O) groups excluding carboxylic acids is 2. The zero-order valence-corrected chi connectivity index (χ0v) is 14.4. The Morgan fingerprint density at radius 3 is 2.65 bits per heavy atom. The van der Waals surface area contributed by atoms with Gasteiger partial charge in [-0.1, -0.05) is 30.3 Å². The van der Waals surface area contributed by atoms with Gasteiger partial charge in [-0.2, -0.15) is 5.10 Å². The van der Waals surface area contributed by atoms with Gasteiger partial charge in [-0.25, -0.2) is 5.43 Å². The van der Waals surface area contributed by atoms with E-state index < -0.39 is 11.8 Å². The molecule has 0 aliphatic rings. The minimum Gasteiger partial charge on any atom is -0.504 e. The minimum absolute atomic E-state index is 0.0193. The van der Waals surface area contributed by atoms with Crippen molar-refractivity contribution in [3.8, 4) is 11.5 Å². The quantitative estimate of drug-likeness (QED) is 0.399. The number of aromatic hydroxyl groups is 1. The number of rotatable bonds is 7. The summed E-state index contributed by atoms with van der Waals surface area (Å²) in [6.45, 7) is 2.57. The number of hydrazone groups is 1. The Bertz CT molecular complexity index is 776. The Morgan fingerprint density at radius 1 is 1.15 bits per heavy atom. The predicted octanol–water partition coefficient (Wildman–Crippen LogP) is 1.60. The highest BCUT2D eigenvalue weighted by Gasteiger charge is 2.11. The van der Waals surface area contributed by atoms with E-state index in [4.69, 9.17) is 4.74 Å². The number of carbonyl (C=O) groups is 2. The molecule has 0 aromatic heterocycles. The fourth-order valence-corrected chi connectivity index (χ4v) is 2.14. The van der Waals surface area contributed by atoms with E-state index in [1.165, 1.54) is 12.3 Å². The van der Waals surface area contributed by atoms with E-state index in [2.05, 4.69) is 15.8 Å². The molecular weight excluding hydrogens is 334 g/mol. The Kier molecular flexibility index (Phi) is 7.17. The van der Waals surface area contributed by atoms with E-state index in [1.807, 2.05) is 30.3 Å². The highest BCUT2D eigenvalue weighted by molar-refractivity contribution is 6.35. The first-order chi connectivity index (χ1) is 12.6. The van der Waals surface area contributed by atoms with Crippen molar-refractivity contribution in [2.45, 2.75) is 13.3 Å². The van der Waals surface area contributed by atoms with Gasteiger partial charge in [-0.3, -0.25) is 9.59 Å². The molecule has 0 fully saturated rings. The topological polar surface area (TPSA) is 100 Å². The average Bonchev–Trinajstić information content (AvgIpc) is 2.65. The smallest absolute Gasteiger partial charge is 0.329 e. The molecule has 3 N–H and O–H groups in total. The van der Waals surface area contributed by atoms with Crippen LogP contribution in [0.3, 0.4) is 0 Å². The molecule has 136 valence electrons. The Balaban J connectivity index is 1.79. The summed E-state index contributed by atoms with van der Waals surface area (Å²) in [5.74, 6) is -1.26. The molecule has 2 aromatic rings. The van der Waals surface area contributed by atoms with E-state index >= 15 is 0 Å². The van der Waals surface area contributed by atoms with Crippen molar-refractivity contribution in [3.05, 3.63) is 59.7 Å². The van der Waals surface area contributed by atoms with Gasteiger partial charge in [-0.05, 0) is 42.7 Å². The molecule has 0 heterocycles. The molecule has 0 saturated heterocycles. The number of hydrogen-bond acceptors (Lipinski definition) is 5. The summed E-state index contributed by atoms with van der Waals surface area (Å²) < 4.78 is 5.26. The summed E-state index contributed by atoms with van der Waals surface area (Å²) in [6, 6.07) is 14.3. The van der Waals surface area contributed by atoms with Crippen molar-refractivity contribution in [2.75, 3.05) is 13.2 Å². The molecule has 0 atom stereocenters. The van der Waals surface area contributed by atoms with Gasteiger partial charge in [0.05, 0.1) is 12.8 Å². The molecule has 7 heteroatoms. The summed E-state index contributed by atoms with van der Waals surface area (Å²) in [5.41, 5.74) is 3.84. The van der Waals surface area contributed by atoms with Crippen LogP contribution in [0.2, 0.25) is 0 Å². The number of hydrogen-bond donors (Lipinski definition) is 3. The molecule has 7 nitrogen and oxygen atoms in total. The summed E-state index contributed by atoms with van der Waals surface area (Å²) in [7, 11) is 0. The van der Waals surface area contributed by atoms with Crippen LogP contribution in [0.5, 0.6) is 11.5 Å². The van der Waals surface area contributed by atoms with Crippen LogP contribution in [0.25, 0.3) is 0 Å². The zero-order valence-electron chi connectivity index (χ0n) is 14.4. The highest BCUT2D eigenvalue weighted by atomic mass is 16.5. The van der Waals surface area contributed by atoms with Crippen LogP contribution in [-0.4, -0.2) is 36.3 Å². The average molecular weight is 355 g/mol. The first-order valence-electron chi connectivity index (χ1n) is 8.21. The maximum absolute atomic E-state index is 11.7. The maximum atomic E-state index is 11.7. The molecule has 26 heavy (non-hydrogen) atoms. The Hall–Kier alpha value is -3.35. The van der Waals surface area contributed by atoms with Crippen molar-refractivity contribution in [1.29, 1.82) is 0 Å². The van der Waals surface area contributed by atoms with E-state index in [0.29, 0.717) is 30.9 Å². The van der Waals surface area contributed by atoms with Gasteiger partial charge >= 0.3 is 11.8 Å². The van der Waals surface area contributed by atoms with E-state index in [1.54, 1.807) is 19.1 Å². The third-order valence-electron chi connectivity index (χ3n) is 3.41. The molecule has 2 rings (SSSR count). The lowest BCUT2D eigenvalue weighted by Crippen LogP contribution is -2.38. The van der Waals surface area contributed by atoms with Gasteiger partial charge < -0.3 is 15.2 Å². The number of nitrogens with zero attached hydrogens (tertiary/aromatic N) is 1. The second-order valence-electron chi connectivity index (χ2n) is 5.35. The van der Waals surface area contributed by atoms with Crippen molar-refractivity contribution < 1.29 is 19.4 Å². The molecule has 0 aliphatic heterocycles. The molecule has 0 bridgehead atoms. The Labute approximate surface area is 151 Å². The molecule has 0 saturated carbocycles. The molecule has 0 aliphatic carbocycles. The second-order valence-corrected chi connectivity index (χ2v) is 5.35. The lowest BCUT2D eigenvalue weighted by Gasteiger charge is -2.06. The standard InChI is InChI=1S/C19H21N3O4/c1-2-26-17-12-15(8-9-16(17)23)13-21-22-19(25)18(24)20-11-10-14-6-4-3-5-7-14/h3-9,12-13,23H,2,10-11H2,1H3,(H,20,24)(H,22,25). The normalized spacial score (nSPS) is 10.5. The molecular formula is C19H21N3O4. The van der Waals surface area contributed by atoms with Crippen molar-refractivity contribution >= 4 is 18.0 Å². The number of benzene rings is 2. The number of amides is 2. The second kappa shape index (κ2) is 9.83. The SMILES string of the molecule is CCOc1cc(C=NNC(=O)C(=O)NCCc2ccccc2)ccc1O. The van der Waals surface area contributed by atoms with Gasteiger partial charge in [0, 0.05) is 6.54 Å². The number of nitrogens with one attached hydrogen (secondary N) is 2. The van der Waals surface area contributed by atoms with Crippen molar-refractivity contribution in [3.63, 3.8) is 0 Å². The maximum Gasteiger partial charge on any atom is 0.329 e. The number of phenolic OH excluding ortho intramolecular Hbond substituents is 1. The van der Waals surface area contributed by atoms with Crippen LogP contribution in [0.1, 0.15) is 18.1 Å². The summed E-state index contributed by atoms with van der Waals surface area (Å²) >= 11 is 0. The number of ether oxygens (including phenoxy) is 1. The zero-order chi connectivity index (χ0) is 18.8. The molecule has 0 unspecified atom stereocenters. The van der Waals surface area contributed by atoms with Gasteiger partial charge in [0.15, 0.2) is 11.5 Å². The number of phenols is 1. The van der Waals surface area contributed by atoms with Gasteiger partial charge in [-0.15, -0.1) is 0 Å².